The minimum atomic E-state index is 1.10. The fraction of sp³-hybridized carbons (Fsp3) is 0.300. The molecular weight excluding hydrogens is 152 g/mol. The molecule has 0 saturated heterocycles. The Morgan fingerprint density at radius 1 is 1.18 bits per heavy atom. The number of rotatable bonds is 4. The summed E-state index contributed by atoms with van der Waals surface area (Å²) in [4.78, 5) is 0. The molecule has 0 saturated carbocycles. The Morgan fingerprint density at radius 2 is 1.91 bits per heavy atom. The van der Waals surface area contributed by atoms with Gasteiger partial charge in [-0.2, -0.15) is 12.6 Å². The second kappa shape index (κ2) is 5.25. The molecule has 1 rings (SSSR count). The first-order valence-corrected chi connectivity index (χ1v) is 4.45. The summed E-state index contributed by atoms with van der Waals surface area (Å²) < 4.78 is 0. The van der Waals surface area contributed by atoms with E-state index in [0.717, 1.165) is 12.8 Å². The smallest absolute Gasteiger partial charge is 0.0133 e. The molecule has 0 aliphatic heterocycles. The Kier molecular flexibility index (Phi) is 4.14. The lowest BCUT2D eigenvalue weighted by Crippen LogP contribution is -1.83. The van der Waals surface area contributed by atoms with Gasteiger partial charge in [0.25, 0.3) is 0 Å². The van der Waals surface area contributed by atoms with Gasteiger partial charge in [0.05, 0.1) is 0 Å². The summed E-state index contributed by atoms with van der Waals surface area (Å²) in [6.45, 7) is 0. The molecule has 0 atom stereocenters. The van der Waals surface area contributed by atoms with E-state index in [9.17, 15) is 0 Å². The van der Waals surface area contributed by atoms with E-state index in [1.807, 2.05) is 11.8 Å². The molecule has 0 N–H and O–H groups in total. The monoisotopic (exact) mass is 165 g/mol. The van der Waals surface area contributed by atoms with Crippen molar-refractivity contribution in [3.8, 4) is 0 Å². The van der Waals surface area contributed by atoms with Crippen LogP contribution >= 0.6 is 12.6 Å². The van der Waals surface area contributed by atoms with E-state index in [2.05, 4.69) is 36.9 Å². The molecule has 0 amide bonds. The van der Waals surface area contributed by atoms with Gasteiger partial charge >= 0.3 is 0 Å². The number of hydrogen-bond acceptors (Lipinski definition) is 1. The molecule has 0 unspecified atom stereocenters. The molecule has 0 fully saturated rings. The molecule has 1 aromatic rings. The Bertz CT molecular complexity index is 181. The Labute approximate surface area is 74.0 Å². The molecule has 1 aromatic carbocycles. The van der Waals surface area contributed by atoms with Crippen molar-refractivity contribution >= 4 is 12.6 Å². The first kappa shape index (κ1) is 8.66. The molecule has 1 radical (unpaired) electrons. The van der Waals surface area contributed by atoms with Crippen molar-refractivity contribution in [3.05, 3.63) is 41.6 Å². The highest BCUT2D eigenvalue weighted by molar-refractivity contribution is 7.82. The zero-order valence-electron chi connectivity index (χ0n) is 6.53. The molecule has 0 aromatic heterocycles. The van der Waals surface area contributed by atoms with Crippen LogP contribution < -0.4 is 0 Å². The van der Waals surface area contributed by atoms with E-state index in [1.54, 1.807) is 0 Å². The number of thiol groups is 1. The van der Waals surface area contributed by atoms with Crippen molar-refractivity contribution in [2.75, 3.05) is 0 Å². The van der Waals surface area contributed by atoms with Crippen molar-refractivity contribution in [3.63, 3.8) is 0 Å². The third-order valence-electron chi connectivity index (χ3n) is 1.64. The summed E-state index contributed by atoms with van der Waals surface area (Å²) in [5, 5.41) is 0. The van der Waals surface area contributed by atoms with Crippen molar-refractivity contribution in [2.24, 2.45) is 0 Å². The molecule has 0 aliphatic rings. The molecule has 0 nitrogen and oxygen atoms in total. The number of aryl methyl sites for hydroxylation is 1. The Morgan fingerprint density at radius 3 is 2.55 bits per heavy atom. The maximum atomic E-state index is 4.04. The summed E-state index contributed by atoms with van der Waals surface area (Å²) in [5.41, 5.74) is 1.42. The fourth-order valence-electron chi connectivity index (χ4n) is 1.04. The second-order valence-electron chi connectivity index (χ2n) is 2.56. The van der Waals surface area contributed by atoms with Crippen molar-refractivity contribution in [2.45, 2.75) is 19.3 Å². The average molecular weight is 165 g/mol. The molecular formula is C10H13S. The first-order chi connectivity index (χ1) is 5.43. The Balaban J connectivity index is 2.28. The lowest BCUT2D eigenvalue weighted by atomic mass is 10.1. The predicted octanol–water partition coefficient (Wildman–Crippen LogP) is 3.10. The summed E-state index contributed by atoms with van der Waals surface area (Å²) >= 11 is 4.04. The standard InChI is InChI=1S/C10H13S/c11-9-5-4-8-10-6-2-1-3-7-10/h1-3,6-7,9,11H,4-5,8H2. The van der Waals surface area contributed by atoms with Gasteiger partial charge in [0.2, 0.25) is 0 Å². The highest BCUT2D eigenvalue weighted by Crippen LogP contribution is 2.06. The van der Waals surface area contributed by atoms with Crippen LogP contribution in [0.1, 0.15) is 18.4 Å². The second-order valence-corrected chi connectivity index (χ2v) is 2.93. The highest BCUT2D eigenvalue weighted by Gasteiger charge is 1.89. The van der Waals surface area contributed by atoms with Crippen molar-refractivity contribution in [1.29, 1.82) is 0 Å². The van der Waals surface area contributed by atoms with E-state index in [-0.39, 0.29) is 0 Å². The third-order valence-corrected chi connectivity index (χ3v) is 1.90. The maximum absolute atomic E-state index is 4.04. The van der Waals surface area contributed by atoms with Gasteiger partial charge in [0.15, 0.2) is 0 Å². The normalized spacial score (nSPS) is 9.91. The van der Waals surface area contributed by atoms with Crippen molar-refractivity contribution in [1.82, 2.24) is 0 Å². The minimum absolute atomic E-state index is 1.10. The molecule has 1 heteroatoms. The van der Waals surface area contributed by atoms with Crippen LogP contribution in [0.15, 0.2) is 30.3 Å². The van der Waals surface area contributed by atoms with Crippen LogP contribution in [0.3, 0.4) is 0 Å². The van der Waals surface area contributed by atoms with Gasteiger partial charge < -0.3 is 0 Å². The molecule has 59 valence electrons. The Hall–Kier alpha value is -0.430. The van der Waals surface area contributed by atoms with Gasteiger partial charge in [-0.3, -0.25) is 0 Å². The topological polar surface area (TPSA) is 0 Å². The van der Waals surface area contributed by atoms with Crippen LogP contribution in [-0.2, 0) is 6.42 Å². The lowest BCUT2D eigenvalue weighted by molar-refractivity contribution is 0.834. The predicted molar refractivity (Wildman–Crippen MR) is 52.7 cm³/mol. The van der Waals surface area contributed by atoms with Gasteiger partial charge in [0, 0.05) is 5.75 Å². The van der Waals surface area contributed by atoms with Gasteiger partial charge in [-0.1, -0.05) is 30.3 Å². The fourth-order valence-corrected chi connectivity index (χ4v) is 1.22. The summed E-state index contributed by atoms with van der Waals surface area (Å²) in [6, 6.07) is 10.5. The minimum Gasteiger partial charge on any atom is -0.175 e. The van der Waals surface area contributed by atoms with E-state index in [4.69, 9.17) is 0 Å². The largest absolute Gasteiger partial charge is 0.175 e. The van der Waals surface area contributed by atoms with Gasteiger partial charge in [-0.25, -0.2) is 0 Å². The lowest BCUT2D eigenvalue weighted by Gasteiger charge is -1.97. The molecule has 0 bridgehead atoms. The zero-order chi connectivity index (χ0) is 7.94. The first-order valence-electron chi connectivity index (χ1n) is 3.93. The third kappa shape index (κ3) is 3.47. The number of benzene rings is 1. The van der Waals surface area contributed by atoms with Crippen LogP contribution in [0.4, 0.5) is 0 Å². The van der Waals surface area contributed by atoms with E-state index < -0.39 is 0 Å². The SMILES string of the molecule is S[CH]CCCc1ccccc1. The van der Waals surface area contributed by atoms with Crippen LogP contribution in [0.5, 0.6) is 0 Å². The van der Waals surface area contributed by atoms with Gasteiger partial charge in [-0.05, 0) is 24.8 Å². The van der Waals surface area contributed by atoms with Gasteiger partial charge in [-0.15, -0.1) is 0 Å². The van der Waals surface area contributed by atoms with Crippen LogP contribution in [0, 0.1) is 5.75 Å². The van der Waals surface area contributed by atoms with E-state index in [0.29, 0.717) is 0 Å². The summed E-state index contributed by atoms with van der Waals surface area (Å²) in [7, 11) is 0. The summed E-state index contributed by atoms with van der Waals surface area (Å²) in [6.07, 6.45) is 3.46. The van der Waals surface area contributed by atoms with E-state index >= 15 is 0 Å². The highest BCUT2D eigenvalue weighted by atomic mass is 32.1. The zero-order valence-corrected chi connectivity index (χ0v) is 7.43. The average Bonchev–Trinajstić information content (AvgIpc) is 2.07. The molecule has 0 aliphatic carbocycles. The maximum Gasteiger partial charge on any atom is 0.0133 e. The summed E-state index contributed by atoms with van der Waals surface area (Å²) in [5.74, 6) is 1.92. The molecule has 0 heterocycles. The molecule has 11 heavy (non-hydrogen) atoms. The quantitative estimate of drug-likeness (QED) is 0.514. The number of hydrogen-bond donors (Lipinski definition) is 1. The van der Waals surface area contributed by atoms with E-state index in [1.165, 1.54) is 12.0 Å². The van der Waals surface area contributed by atoms with Gasteiger partial charge in [0.1, 0.15) is 0 Å². The van der Waals surface area contributed by atoms with Crippen molar-refractivity contribution < 1.29 is 0 Å². The number of unbranched alkanes of at least 4 members (excludes halogenated alkanes) is 1. The van der Waals surface area contributed by atoms with Crippen LogP contribution in [0.2, 0.25) is 0 Å². The molecule has 0 spiro atoms. The van der Waals surface area contributed by atoms with Crippen LogP contribution in [-0.4, -0.2) is 0 Å². The van der Waals surface area contributed by atoms with Crippen LogP contribution in [0.25, 0.3) is 0 Å².